The Labute approximate surface area is 143 Å². The first-order valence-electron chi connectivity index (χ1n) is 7.64. The number of amides is 3. The average molecular weight is 357 g/mol. The van der Waals surface area contributed by atoms with E-state index in [2.05, 4.69) is 10.6 Å². The molecule has 0 bridgehead atoms. The number of carbonyl (C=O) groups is 3. The van der Waals surface area contributed by atoms with Gasteiger partial charge in [0, 0.05) is 11.1 Å². The van der Waals surface area contributed by atoms with E-state index in [1.165, 1.54) is 13.0 Å². The number of rotatable bonds is 4. The lowest BCUT2D eigenvalue weighted by atomic mass is 10.2. The van der Waals surface area contributed by atoms with Crippen LogP contribution >= 0.6 is 11.6 Å². The fourth-order valence-corrected chi connectivity index (χ4v) is 2.61. The van der Waals surface area contributed by atoms with Gasteiger partial charge in [0.2, 0.25) is 0 Å². The number of esters is 1. The van der Waals surface area contributed by atoms with Gasteiger partial charge in [-0.3, -0.25) is 10.1 Å². The van der Waals surface area contributed by atoms with Crippen molar-refractivity contribution in [3.63, 3.8) is 0 Å². The standard InChI is InChI=1S/C16H18ClFN2O4/c1-9(14(21)20-16(23)19-11-4-2-3-5-11)24-15(22)12-8-10(17)6-7-13(12)18/h6-9,11H,2-5H2,1H3,(H2,19,20,21,23)/t9-/m0/s1. The monoisotopic (exact) mass is 356 g/mol. The number of halogens is 2. The van der Waals surface area contributed by atoms with Crippen molar-refractivity contribution in [1.82, 2.24) is 10.6 Å². The Morgan fingerprint density at radius 3 is 2.62 bits per heavy atom. The van der Waals surface area contributed by atoms with Gasteiger partial charge in [0.25, 0.3) is 5.91 Å². The molecule has 2 N–H and O–H groups in total. The summed E-state index contributed by atoms with van der Waals surface area (Å²) in [5, 5.41) is 4.94. The Morgan fingerprint density at radius 1 is 1.29 bits per heavy atom. The zero-order chi connectivity index (χ0) is 17.7. The van der Waals surface area contributed by atoms with Gasteiger partial charge in [0.1, 0.15) is 5.82 Å². The first-order valence-corrected chi connectivity index (χ1v) is 8.02. The smallest absolute Gasteiger partial charge is 0.341 e. The van der Waals surface area contributed by atoms with Gasteiger partial charge in [0.05, 0.1) is 5.56 Å². The molecule has 0 aliphatic heterocycles. The van der Waals surface area contributed by atoms with Crippen LogP contribution in [0.2, 0.25) is 5.02 Å². The molecule has 6 nitrogen and oxygen atoms in total. The summed E-state index contributed by atoms with van der Waals surface area (Å²) in [5.74, 6) is -2.63. The van der Waals surface area contributed by atoms with E-state index in [-0.39, 0.29) is 16.6 Å². The van der Waals surface area contributed by atoms with E-state index in [1.807, 2.05) is 0 Å². The fraction of sp³-hybridized carbons (Fsp3) is 0.438. The summed E-state index contributed by atoms with van der Waals surface area (Å²) < 4.78 is 18.5. The fourth-order valence-electron chi connectivity index (χ4n) is 2.44. The number of carbonyl (C=O) groups excluding carboxylic acids is 3. The number of hydrogen-bond acceptors (Lipinski definition) is 4. The molecule has 0 heterocycles. The van der Waals surface area contributed by atoms with E-state index in [0.717, 1.165) is 37.8 Å². The SMILES string of the molecule is C[C@H](OC(=O)c1cc(Cl)ccc1F)C(=O)NC(=O)NC1CCCC1. The van der Waals surface area contributed by atoms with Gasteiger partial charge in [0.15, 0.2) is 6.10 Å². The quantitative estimate of drug-likeness (QED) is 0.812. The number of nitrogens with one attached hydrogen (secondary N) is 2. The Hall–Kier alpha value is -2.15. The topological polar surface area (TPSA) is 84.5 Å². The zero-order valence-electron chi connectivity index (χ0n) is 13.1. The first-order chi connectivity index (χ1) is 11.4. The molecule has 1 aromatic carbocycles. The third kappa shape index (κ3) is 4.92. The second kappa shape index (κ2) is 8.10. The van der Waals surface area contributed by atoms with Crippen LogP contribution in [0.4, 0.5) is 9.18 Å². The van der Waals surface area contributed by atoms with E-state index in [1.54, 1.807) is 0 Å². The van der Waals surface area contributed by atoms with Crippen molar-refractivity contribution >= 4 is 29.5 Å². The zero-order valence-corrected chi connectivity index (χ0v) is 13.9. The Kier molecular flexibility index (Phi) is 6.14. The van der Waals surface area contributed by atoms with E-state index < -0.39 is 29.8 Å². The molecular formula is C16H18ClFN2O4. The molecule has 0 saturated heterocycles. The van der Waals surface area contributed by atoms with Crippen LogP contribution in [0, 0.1) is 5.82 Å². The van der Waals surface area contributed by atoms with Crippen molar-refractivity contribution in [3.8, 4) is 0 Å². The summed E-state index contributed by atoms with van der Waals surface area (Å²) in [4.78, 5) is 35.5. The second-order valence-corrected chi connectivity index (χ2v) is 6.05. The molecule has 8 heteroatoms. The van der Waals surface area contributed by atoms with Crippen molar-refractivity contribution in [2.45, 2.75) is 44.8 Å². The van der Waals surface area contributed by atoms with Crippen molar-refractivity contribution in [3.05, 3.63) is 34.6 Å². The van der Waals surface area contributed by atoms with E-state index in [4.69, 9.17) is 16.3 Å². The molecule has 0 aromatic heterocycles. The molecule has 1 atom stereocenters. The maximum absolute atomic E-state index is 13.6. The highest BCUT2D eigenvalue weighted by atomic mass is 35.5. The maximum Gasteiger partial charge on any atom is 0.341 e. The minimum Gasteiger partial charge on any atom is -0.449 e. The van der Waals surface area contributed by atoms with Crippen LogP contribution in [-0.4, -0.2) is 30.1 Å². The van der Waals surface area contributed by atoms with Gasteiger partial charge in [-0.25, -0.2) is 14.0 Å². The number of urea groups is 1. The number of ether oxygens (including phenoxy) is 1. The third-order valence-electron chi connectivity index (χ3n) is 3.73. The van der Waals surface area contributed by atoms with Gasteiger partial charge in [-0.05, 0) is 38.0 Å². The van der Waals surface area contributed by atoms with Crippen LogP contribution in [0.5, 0.6) is 0 Å². The highest BCUT2D eigenvalue weighted by Crippen LogP contribution is 2.18. The molecule has 24 heavy (non-hydrogen) atoms. The van der Waals surface area contributed by atoms with E-state index in [0.29, 0.717) is 0 Å². The van der Waals surface area contributed by atoms with Gasteiger partial charge in [-0.15, -0.1) is 0 Å². The van der Waals surface area contributed by atoms with Crippen molar-refractivity contribution in [2.75, 3.05) is 0 Å². The summed E-state index contributed by atoms with van der Waals surface area (Å²) in [6.07, 6.45) is 2.57. The molecule has 130 valence electrons. The summed E-state index contributed by atoms with van der Waals surface area (Å²) in [6, 6.07) is 2.84. The normalized spacial score (nSPS) is 15.6. The van der Waals surface area contributed by atoms with Crippen LogP contribution < -0.4 is 10.6 Å². The van der Waals surface area contributed by atoms with Gasteiger partial charge in [-0.1, -0.05) is 24.4 Å². The Balaban J connectivity index is 1.87. The van der Waals surface area contributed by atoms with Gasteiger partial charge in [-0.2, -0.15) is 0 Å². The first kappa shape index (κ1) is 18.2. The summed E-state index contributed by atoms with van der Waals surface area (Å²) in [7, 11) is 0. The molecule has 0 unspecified atom stereocenters. The predicted octanol–water partition coefficient (Wildman–Crippen LogP) is 2.79. The van der Waals surface area contributed by atoms with Crippen molar-refractivity contribution in [2.24, 2.45) is 0 Å². The third-order valence-corrected chi connectivity index (χ3v) is 3.96. The molecular weight excluding hydrogens is 339 g/mol. The summed E-state index contributed by atoms with van der Waals surface area (Å²) in [6.45, 7) is 1.29. The summed E-state index contributed by atoms with van der Waals surface area (Å²) >= 11 is 5.70. The molecule has 1 saturated carbocycles. The van der Waals surface area contributed by atoms with Crippen molar-refractivity contribution in [1.29, 1.82) is 0 Å². The van der Waals surface area contributed by atoms with Crippen LogP contribution in [0.3, 0.4) is 0 Å². The molecule has 1 aliphatic carbocycles. The Morgan fingerprint density at radius 2 is 1.96 bits per heavy atom. The molecule has 2 rings (SSSR count). The molecule has 1 fully saturated rings. The van der Waals surface area contributed by atoms with Gasteiger partial charge >= 0.3 is 12.0 Å². The lowest BCUT2D eigenvalue weighted by Gasteiger charge is -2.15. The minimum absolute atomic E-state index is 0.0520. The molecule has 3 amide bonds. The summed E-state index contributed by atoms with van der Waals surface area (Å²) in [5.41, 5.74) is -0.377. The van der Waals surface area contributed by atoms with E-state index in [9.17, 15) is 18.8 Å². The van der Waals surface area contributed by atoms with Crippen LogP contribution in [0.25, 0.3) is 0 Å². The predicted molar refractivity (Wildman–Crippen MR) is 85.2 cm³/mol. The molecule has 0 spiro atoms. The van der Waals surface area contributed by atoms with E-state index >= 15 is 0 Å². The molecule has 1 aromatic rings. The lowest BCUT2D eigenvalue weighted by molar-refractivity contribution is -0.127. The maximum atomic E-state index is 13.6. The average Bonchev–Trinajstić information content (AvgIpc) is 3.02. The lowest BCUT2D eigenvalue weighted by Crippen LogP contribution is -2.47. The number of hydrogen-bond donors (Lipinski definition) is 2. The largest absolute Gasteiger partial charge is 0.449 e. The Bertz CT molecular complexity index is 647. The molecule has 0 radical (unpaired) electrons. The number of imide groups is 1. The van der Waals surface area contributed by atoms with Crippen LogP contribution in [0.15, 0.2) is 18.2 Å². The molecule has 1 aliphatic rings. The highest BCUT2D eigenvalue weighted by molar-refractivity contribution is 6.30. The van der Waals surface area contributed by atoms with Gasteiger partial charge < -0.3 is 10.1 Å². The number of benzene rings is 1. The van der Waals surface area contributed by atoms with Crippen LogP contribution in [-0.2, 0) is 9.53 Å². The van der Waals surface area contributed by atoms with Crippen molar-refractivity contribution < 1.29 is 23.5 Å². The minimum atomic E-state index is -1.26. The second-order valence-electron chi connectivity index (χ2n) is 5.62. The van der Waals surface area contributed by atoms with Crippen LogP contribution in [0.1, 0.15) is 43.0 Å². The highest BCUT2D eigenvalue weighted by Gasteiger charge is 2.24.